The van der Waals surface area contributed by atoms with Gasteiger partial charge in [-0.3, -0.25) is 4.79 Å². The van der Waals surface area contributed by atoms with Gasteiger partial charge in [0.25, 0.3) is 0 Å². The third-order valence-electron chi connectivity index (χ3n) is 0.780. The summed E-state index contributed by atoms with van der Waals surface area (Å²) >= 11 is 3.06. The zero-order valence-corrected chi connectivity index (χ0v) is 7.94. The Hall–Kier alpha value is -0.310. The van der Waals surface area contributed by atoms with Gasteiger partial charge in [-0.05, 0) is 36.7 Å². The lowest BCUT2D eigenvalue weighted by molar-refractivity contribution is -0.113. The third-order valence-corrected chi connectivity index (χ3v) is 1.53. The predicted molar refractivity (Wildman–Crippen MR) is 43.9 cm³/mol. The zero-order valence-electron chi connectivity index (χ0n) is 6.35. The molecule has 0 aromatic carbocycles. The lowest BCUT2D eigenvalue weighted by Crippen LogP contribution is -1.97. The largest absolute Gasteiger partial charge is 0.497 e. The van der Waals surface area contributed by atoms with Crippen LogP contribution in [0.2, 0.25) is 0 Å². The molecule has 10 heavy (non-hydrogen) atoms. The standard InChI is InChI=1S/C7H11BrO2/c1-5(2)10-4-7(8)6(3)9/h4-5H,1-3H3/b7-4-. The van der Waals surface area contributed by atoms with E-state index in [1.807, 2.05) is 13.8 Å². The molecule has 0 bridgehead atoms. The van der Waals surface area contributed by atoms with Gasteiger partial charge in [0.05, 0.1) is 10.6 Å². The molecule has 58 valence electrons. The molecule has 0 atom stereocenters. The van der Waals surface area contributed by atoms with Crippen LogP contribution in [-0.4, -0.2) is 11.9 Å². The normalized spacial score (nSPS) is 11.9. The number of hydrogen-bond donors (Lipinski definition) is 0. The number of carbonyl (C=O) groups is 1. The van der Waals surface area contributed by atoms with Crippen LogP contribution in [-0.2, 0) is 9.53 Å². The maximum Gasteiger partial charge on any atom is 0.169 e. The molecule has 0 aliphatic rings. The third kappa shape index (κ3) is 4.56. The van der Waals surface area contributed by atoms with Gasteiger partial charge in [0, 0.05) is 0 Å². The highest BCUT2D eigenvalue weighted by molar-refractivity contribution is 9.12. The van der Waals surface area contributed by atoms with E-state index >= 15 is 0 Å². The van der Waals surface area contributed by atoms with Gasteiger partial charge in [-0.2, -0.15) is 0 Å². The molecule has 0 saturated carbocycles. The SMILES string of the molecule is CC(=O)/C(Br)=C/OC(C)C. The summed E-state index contributed by atoms with van der Waals surface area (Å²) in [6, 6.07) is 0. The number of allylic oxidation sites excluding steroid dienone is 1. The maximum atomic E-state index is 10.6. The van der Waals surface area contributed by atoms with E-state index in [1.165, 1.54) is 13.2 Å². The minimum atomic E-state index is -0.0272. The lowest BCUT2D eigenvalue weighted by atomic mass is 10.4. The van der Waals surface area contributed by atoms with Crippen molar-refractivity contribution < 1.29 is 9.53 Å². The van der Waals surface area contributed by atoms with Crippen LogP contribution in [0.25, 0.3) is 0 Å². The Labute approximate surface area is 69.4 Å². The van der Waals surface area contributed by atoms with E-state index in [4.69, 9.17) is 4.74 Å². The van der Waals surface area contributed by atoms with E-state index in [1.54, 1.807) is 0 Å². The molecule has 0 aromatic heterocycles. The lowest BCUT2D eigenvalue weighted by Gasteiger charge is -2.03. The second-order valence-electron chi connectivity index (χ2n) is 2.21. The van der Waals surface area contributed by atoms with E-state index < -0.39 is 0 Å². The molecule has 0 aliphatic heterocycles. The van der Waals surface area contributed by atoms with Gasteiger partial charge < -0.3 is 4.74 Å². The van der Waals surface area contributed by atoms with Crippen molar-refractivity contribution in [2.24, 2.45) is 0 Å². The van der Waals surface area contributed by atoms with Crippen LogP contribution < -0.4 is 0 Å². The monoisotopic (exact) mass is 206 g/mol. The first kappa shape index (κ1) is 9.69. The molecule has 0 rings (SSSR count). The van der Waals surface area contributed by atoms with Gasteiger partial charge in [-0.1, -0.05) is 0 Å². The highest BCUT2D eigenvalue weighted by atomic mass is 79.9. The molecule has 3 heteroatoms. The van der Waals surface area contributed by atoms with Crippen molar-refractivity contribution in [2.75, 3.05) is 0 Å². The molecule has 0 N–H and O–H groups in total. The topological polar surface area (TPSA) is 26.3 Å². The average Bonchev–Trinajstić information content (AvgIpc) is 1.82. The van der Waals surface area contributed by atoms with E-state index in [-0.39, 0.29) is 11.9 Å². The summed E-state index contributed by atoms with van der Waals surface area (Å²) in [5, 5.41) is 0. The van der Waals surface area contributed by atoms with Gasteiger partial charge in [0.2, 0.25) is 0 Å². The average molecular weight is 207 g/mol. The van der Waals surface area contributed by atoms with Gasteiger partial charge in [0.15, 0.2) is 5.78 Å². The first-order valence-corrected chi connectivity index (χ1v) is 3.85. The molecule has 0 spiro atoms. The van der Waals surface area contributed by atoms with E-state index in [0.717, 1.165) is 0 Å². The second kappa shape index (κ2) is 4.50. The van der Waals surface area contributed by atoms with Crippen molar-refractivity contribution in [3.05, 3.63) is 10.7 Å². The molecule has 0 radical (unpaired) electrons. The van der Waals surface area contributed by atoms with E-state index in [0.29, 0.717) is 4.48 Å². The second-order valence-corrected chi connectivity index (χ2v) is 3.06. The maximum absolute atomic E-state index is 10.6. The van der Waals surface area contributed by atoms with Crippen molar-refractivity contribution >= 4 is 21.7 Å². The van der Waals surface area contributed by atoms with Crippen molar-refractivity contribution in [2.45, 2.75) is 26.9 Å². The fraction of sp³-hybridized carbons (Fsp3) is 0.571. The summed E-state index contributed by atoms with van der Waals surface area (Å²) in [5.41, 5.74) is 0. The molecule has 0 heterocycles. The van der Waals surface area contributed by atoms with E-state index in [9.17, 15) is 4.79 Å². The highest BCUT2D eigenvalue weighted by Crippen LogP contribution is 2.06. The Morgan fingerprint density at radius 2 is 2.10 bits per heavy atom. The van der Waals surface area contributed by atoms with Gasteiger partial charge in [-0.25, -0.2) is 0 Å². The molecule has 0 amide bonds. The highest BCUT2D eigenvalue weighted by Gasteiger charge is 1.98. The number of carbonyl (C=O) groups excluding carboxylic acids is 1. The van der Waals surface area contributed by atoms with Crippen LogP contribution in [0.5, 0.6) is 0 Å². The van der Waals surface area contributed by atoms with Crippen LogP contribution in [0, 0.1) is 0 Å². The molecule has 0 fully saturated rings. The van der Waals surface area contributed by atoms with Gasteiger partial charge >= 0.3 is 0 Å². The molecule has 0 saturated heterocycles. The molecule has 0 unspecified atom stereocenters. The Bertz CT molecular complexity index is 150. The van der Waals surface area contributed by atoms with Crippen LogP contribution in [0.1, 0.15) is 20.8 Å². The quantitative estimate of drug-likeness (QED) is 0.524. The van der Waals surface area contributed by atoms with Crippen LogP contribution >= 0.6 is 15.9 Å². The Kier molecular flexibility index (Phi) is 4.36. The fourth-order valence-corrected chi connectivity index (χ4v) is 0.387. The Balaban J connectivity index is 3.81. The Morgan fingerprint density at radius 1 is 1.60 bits per heavy atom. The number of rotatable bonds is 3. The minimum Gasteiger partial charge on any atom is -0.497 e. The number of Topliss-reactive ketones (excluding diaryl/α,β-unsaturated/α-hetero) is 1. The van der Waals surface area contributed by atoms with Crippen molar-refractivity contribution in [1.29, 1.82) is 0 Å². The molecular formula is C7H11BrO2. The van der Waals surface area contributed by atoms with Crippen LogP contribution in [0.15, 0.2) is 10.7 Å². The summed E-state index contributed by atoms with van der Waals surface area (Å²) in [4.78, 5) is 10.6. The van der Waals surface area contributed by atoms with E-state index in [2.05, 4.69) is 15.9 Å². The van der Waals surface area contributed by atoms with Gasteiger partial charge in [0.1, 0.15) is 6.26 Å². The van der Waals surface area contributed by atoms with Gasteiger partial charge in [-0.15, -0.1) is 0 Å². The zero-order chi connectivity index (χ0) is 8.15. The summed E-state index contributed by atoms with van der Waals surface area (Å²) in [7, 11) is 0. The smallest absolute Gasteiger partial charge is 0.169 e. The summed E-state index contributed by atoms with van der Waals surface area (Å²) in [6.07, 6.45) is 1.54. The first-order valence-electron chi connectivity index (χ1n) is 3.06. The van der Waals surface area contributed by atoms with Crippen molar-refractivity contribution in [3.8, 4) is 0 Å². The van der Waals surface area contributed by atoms with Crippen LogP contribution in [0.3, 0.4) is 0 Å². The molecule has 2 nitrogen and oxygen atoms in total. The number of ether oxygens (including phenoxy) is 1. The number of ketones is 1. The fourth-order valence-electron chi connectivity index (χ4n) is 0.279. The number of hydrogen-bond acceptors (Lipinski definition) is 2. The van der Waals surface area contributed by atoms with Crippen LogP contribution in [0.4, 0.5) is 0 Å². The molecular weight excluding hydrogens is 196 g/mol. The summed E-state index contributed by atoms with van der Waals surface area (Å²) in [5.74, 6) is -0.0272. The first-order chi connectivity index (χ1) is 4.54. The van der Waals surface area contributed by atoms with Crippen molar-refractivity contribution in [1.82, 2.24) is 0 Å². The minimum absolute atomic E-state index is 0.0272. The summed E-state index contributed by atoms with van der Waals surface area (Å²) < 4.78 is 5.51. The number of halogens is 1. The Morgan fingerprint density at radius 3 is 2.40 bits per heavy atom. The van der Waals surface area contributed by atoms with Crippen molar-refractivity contribution in [3.63, 3.8) is 0 Å². The summed E-state index contributed by atoms with van der Waals surface area (Å²) in [6.45, 7) is 5.28. The molecule has 0 aromatic rings. The predicted octanol–water partition coefficient (Wildman–Crippen LogP) is 2.24. The molecule has 0 aliphatic carbocycles.